The average molecular weight is 553 g/mol. The molecule has 36 heavy (non-hydrogen) atoms. The predicted molar refractivity (Wildman–Crippen MR) is 131 cm³/mol. The summed E-state index contributed by atoms with van der Waals surface area (Å²) in [6, 6.07) is -0.930. The van der Waals surface area contributed by atoms with E-state index in [9.17, 15) is 19.5 Å². The van der Waals surface area contributed by atoms with Gasteiger partial charge < -0.3 is 37.3 Å². The molecule has 4 rings (SSSR count). The van der Waals surface area contributed by atoms with Gasteiger partial charge in [0.15, 0.2) is 11.7 Å². The molecule has 2 unspecified atom stereocenters. The molecular weight excluding hydrogens is 532 g/mol. The van der Waals surface area contributed by atoms with Crippen LogP contribution in [0.2, 0.25) is 0 Å². The average Bonchev–Trinajstić information content (AvgIpc) is 3.25. The van der Waals surface area contributed by atoms with E-state index in [1.165, 1.54) is 34.0 Å². The number of nitrogens with zero attached hydrogens (tertiary/aromatic N) is 5. The Hall–Kier alpha value is -3.77. The van der Waals surface area contributed by atoms with E-state index < -0.39 is 29.2 Å². The van der Waals surface area contributed by atoms with Crippen molar-refractivity contribution in [3.63, 3.8) is 0 Å². The van der Waals surface area contributed by atoms with Crippen LogP contribution in [0.25, 0.3) is 0 Å². The minimum absolute atomic E-state index is 0.0231. The third kappa shape index (κ3) is 5.24. The first kappa shape index (κ1) is 25.3. The number of rotatable bonds is 9. The summed E-state index contributed by atoms with van der Waals surface area (Å²) in [5, 5.41) is 19.7. The lowest BCUT2D eigenvalue weighted by Crippen LogP contribution is -2.71. The number of carboxylic acids is 1. The second-order valence-electron chi connectivity index (χ2n) is 7.38. The van der Waals surface area contributed by atoms with Crippen molar-refractivity contribution in [2.75, 3.05) is 34.5 Å². The van der Waals surface area contributed by atoms with Crippen LogP contribution in [0.4, 0.5) is 16.6 Å². The van der Waals surface area contributed by atoms with Gasteiger partial charge in [-0.1, -0.05) is 5.16 Å². The molecule has 1 saturated heterocycles. The van der Waals surface area contributed by atoms with E-state index in [1.807, 2.05) is 0 Å². The summed E-state index contributed by atoms with van der Waals surface area (Å²) in [5.74, 6) is 3.60. The number of hydrogen-bond donors (Lipinski definition) is 5. The fraction of sp³-hybridized carbons (Fsp3) is 0.278. The van der Waals surface area contributed by atoms with Crippen LogP contribution < -0.4 is 38.1 Å². The molecule has 18 heteroatoms. The molecule has 2 amide bonds. The van der Waals surface area contributed by atoms with E-state index in [0.717, 1.165) is 22.9 Å². The normalized spacial score (nSPS) is 19.2. The number of β-lactam (4-membered cyclic amide) rings is 1. The maximum atomic E-state index is 12.7. The lowest BCUT2D eigenvalue weighted by atomic mass is 10.0. The van der Waals surface area contributed by atoms with Gasteiger partial charge in [0.05, 0.1) is 17.4 Å². The van der Waals surface area contributed by atoms with E-state index in [-0.39, 0.29) is 35.3 Å². The van der Waals surface area contributed by atoms with Crippen molar-refractivity contribution in [1.29, 1.82) is 0 Å². The van der Waals surface area contributed by atoms with Gasteiger partial charge in [-0.05, 0) is 22.3 Å². The summed E-state index contributed by atoms with van der Waals surface area (Å²) in [7, 11) is 0. The third-order valence-electron chi connectivity index (χ3n) is 4.95. The van der Waals surface area contributed by atoms with E-state index >= 15 is 0 Å². The number of nitrogens with one attached hydrogen (secondary N) is 1. The maximum Gasteiger partial charge on any atom is 0.384 e. The second kappa shape index (κ2) is 10.5. The van der Waals surface area contributed by atoms with Crippen molar-refractivity contribution in [2.24, 2.45) is 5.16 Å². The van der Waals surface area contributed by atoms with Crippen molar-refractivity contribution in [2.45, 2.75) is 23.2 Å². The number of carbonyl (C=O) groups excluding carboxylic acids is 3. The molecule has 9 N–H and O–H groups in total. The molecule has 2 aromatic heterocycles. The summed E-state index contributed by atoms with van der Waals surface area (Å²) < 4.78 is 1.17. The summed E-state index contributed by atoms with van der Waals surface area (Å²) >= 11 is 3.67. The van der Waals surface area contributed by atoms with Crippen molar-refractivity contribution in [1.82, 2.24) is 20.2 Å². The Morgan fingerprint density at radius 3 is 2.86 bits per heavy atom. The van der Waals surface area contributed by atoms with Gasteiger partial charge in [-0.3, -0.25) is 20.3 Å². The Balaban J connectivity index is 1.37. The minimum Gasteiger partial charge on any atom is -0.543 e. The van der Waals surface area contributed by atoms with Crippen LogP contribution in [0, 0.1) is 0 Å². The largest absolute Gasteiger partial charge is 0.543 e. The topological polar surface area (TPSA) is 245 Å². The molecule has 0 spiro atoms. The smallest absolute Gasteiger partial charge is 0.384 e. The lowest BCUT2D eigenvalue weighted by molar-refractivity contribution is -0.681. The van der Waals surface area contributed by atoms with Crippen molar-refractivity contribution < 1.29 is 29.0 Å². The lowest BCUT2D eigenvalue weighted by Gasteiger charge is -2.50. The van der Waals surface area contributed by atoms with Gasteiger partial charge in [-0.25, -0.2) is 4.98 Å². The van der Waals surface area contributed by atoms with E-state index in [2.05, 4.69) is 20.4 Å². The predicted octanol–water partition coefficient (Wildman–Crippen LogP) is -3.02. The number of amides is 2. The summed E-state index contributed by atoms with van der Waals surface area (Å²) in [5.41, 5.74) is 17.9. The monoisotopic (exact) mass is 552 g/mol. The number of carbonyl (C=O) groups is 3. The van der Waals surface area contributed by atoms with Crippen LogP contribution in [0.5, 0.6) is 0 Å². The minimum atomic E-state index is -1.50. The Morgan fingerprint density at radius 1 is 1.39 bits per heavy atom. The molecule has 4 heterocycles. The van der Waals surface area contributed by atoms with Gasteiger partial charge in [0.1, 0.15) is 29.5 Å². The number of nitrogen functional groups attached to an aromatic ring is 4. The second-order valence-corrected chi connectivity index (χ2v) is 10.3. The highest BCUT2D eigenvalue weighted by Crippen LogP contribution is 2.41. The molecule has 2 aromatic rings. The van der Waals surface area contributed by atoms with Gasteiger partial charge in [-0.2, -0.15) is 0 Å². The number of aromatic nitrogens is 3. The van der Waals surface area contributed by atoms with Crippen molar-refractivity contribution in [3.8, 4) is 0 Å². The quantitative estimate of drug-likeness (QED) is 0.0396. The van der Waals surface area contributed by atoms with E-state index in [4.69, 9.17) is 27.9 Å². The molecule has 0 bridgehead atoms. The number of carboxylic acid groups (broad SMARTS) is 1. The molecular formula is C18H20N10O5S3. The first-order valence-corrected chi connectivity index (χ1v) is 13.0. The molecule has 190 valence electrons. The summed E-state index contributed by atoms with van der Waals surface area (Å²) in [6.07, 6.45) is 2.27. The Labute approximate surface area is 215 Å². The number of anilines is 3. The van der Waals surface area contributed by atoms with Crippen molar-refractivity contribution in [3.05, 3.63) is 28.5 Å². The molecule has 2 aliphatic rings. The standard InChI is InChI=1S/C18H20N10O5S3/c19-9-2-27(22)18(26-13(9)20)36-5-7-4-34-15-11(14(30)28(15)12(7)16(31)32)25-10(29)1-23-33-3-8-6-35-17(21)24-8/h1-2,6,11,15,20H,3-5,19,22H2,(H4,21,24,25,29,31,32)/b23-1-. The van der Waals surface area contributed by atoms with Gasteiger partial charge in [0.2, 0.25) is 0 Å². The number of thioether (sulfide) groups is 2. The highest BCUT2D eigenvalue weighted by Gasteiger charge is 2.52. The van der Waals surface area contributed by atoms with Crippen LogP contribution in [0.3, 0.4) is 0 Å². The Kier molecular flexibility index (Phi) is 7.36. The van der Waals surface area contributed by atoms with E-state index in [0.29, 0.717) is 21.6 Å². The van der Waals surface area contributed by atoms with Crippen LogP contribution in [0.1, 0.15) is 5.69 Å². The zero-order chi connectivity index (χ0) is 26.0. The van der Waals surface area contributed by atoms with E-state index in [1.54, 1.807) is 5.38 Å². The maximum absolute atomic E-state index is 12.7. The number of fused-ring (bicyclic) bond motifs is 1. The number of aliphatic carboxylic acids is 1. The first-order chi connectivity index (χ1) is 17.2. The van der Waals surface area contributed by atoms with Gasteiger partial charge in [0.25, 0.3) is 17.6 Å². The van der Waals surface area contributed by atoms with Crippen LogP contribution >= 0.6 is 34.9 Å². The third-order valence-corrected chi connectivity index (χ3v) is 8.07. The Bertz CT molecular complexity index is 1280. The molecule has 0 saturated carbocycles. The zero-order valence-corrected chi connectivity index (χ0v) is 20.8. The SMILES string of the molecule is Nc1nc(CO/N=C\C(=O)NC2C(=O)N3C(C(=O)[O-])=C(CSc4nc(N)c(N)c[n+]4N)CSC23)cs1. The van der Waals surface area contributed by atoms with Crippen LogP contribution in [-0.2, 0) is 25.8 Å². The number of thiazole rings is 1. The summed E-state index contributed by atoms with van der Waals surface area (Å²) in [6.45, 7) is 0.0231. The molecule has 15 nitrogen and oxygen atoms in total. The Morgan fingerprint density at radius 2 is 2.17 bits per heavy atom. The molecule has 0 aromatic carbocycles. The number of hydrogen-bond acceptors (Lipinski definition) is 15. The highest BCUT2D eigenvalue weighted by atomic mass is 32.2. The van der Waals surface area contributed by atoms with Gasteiger partial charge >= 0.3 is 5.16 Å². The molecule has 2 aliphatic heterocycles. The molecule has 0 aliphatic carbocycles. The highest BCUT2D eigenvalue weighted by molar-refractivity contribution is 8.01. The fourth-order valence-corrected chi connectivity index (χ4v) is 6.24. The molecule has 2 atom stereocenters. The van der Waals surface area contributed by atoms with Crippen molar-refractivity contribution >= 4 is 75.5 Å². The van der Waals surface area contributed by atoms with Crippen LogP contribution in [0.15, 0.2) is 33.2 Å². The zero-order valence-electron chi connectivity index (χ0n) is 18.3. The summed E-state index contributed by atoms with van der Waals surface area (Å²) in [4.78, 5) is 51.0. The van der Waals surface area contributed by atoms with Gasteiger partial charge in [0, 0.05) is 16.9 Å². The van der Waals surface area contributed by atoms with Gasteiger partial charge in [-0.15, -0.1) is 27.8 Å². The molecule has 0 radical (unpaired) electrons. The molecule has 1 fully saturated rings. The fourth-order valence-electron chi connectivity index (χ4n) is 3.31. The first-order valence-electron chi connectivity index (χ1n) is 10.0. The number of oxime groups is 1. The number of nitrogens with two attached hydrogens (primary N) is 4. The van der Waals surface area contributed by atoms with Crippen LogP contribution in [-0.4, -0.2) is 61.8 Å².